The third-order valence-electron chi connectivity index (χ3n) is 6.97. The summed E-state index contributed by atoms with van der Waals surface area (Å²) in [6.45, 7) is 0. The maximum atomic E-state index is 2.38. The fourth-order valence-electron chi connectivity index (χ4n) is 5.45. The normalized spacial score (nSPS) is 11.5. The van der Waals surface area contributed by atoms with Crippen LogP contribution in [0.25, 0.3) is 65.7 Å². The van der Waals surface area contributed by atoms with E-state index in [0.29, 0.717) is 0 Å². The van der Waals surface area contributed by atoms with E-state index in [2.05, 4.69) is 133 Å². The van der Waals surface area contributed by atoms with Gasteiger partial charge < -0.3 is 0 Å². The first-order valence-electron chi connectivity index (χ1n) is 11.8. The Morgan fingerprint density at radius 1 is 0.324 bits per heavy atom. The standard InChI is InChI=1S/C34H22/c1-4-10-23(11-5-1)29-20-26-16-17-28-22-31(24-12-6-2-7-13-24)33(25-14-8-3-9-15-25)30-19-18-27(21-29)32(26)34(28)30/h1-22H. The molecule has 0 aliphatic heterocycles. The lowest BCUT2D eigenvalue weighted by Gasteiger charge is -2.19. The summed E-state index contributed by atoms with van der Waals surface area (Å²) >= 11 is 0. The molecule has 0 N–H and O–H groups in total. The minimum Gasteiger partial charge on any atom is -0.0622 e. The highest BCUT2D eigenvalue weighted by molar-refractivity contribution is 6.27. The van der Waals surface area contributed by atoms with Gasteiger partial charge in [-0.05, 0) is 83.9 Å². The quantitative estimate of drug-likeness (QED) is 0.245. The van der Waals surface area contributed by atoms with Crippen molar-refractivity contribution in [1.29, 1.82) is 0 Å². The van der Waals surface area contributed by atoms with Crippen LogP contribution in [0.4, 0.5) is 0 Å². The molecule has 0 heterocycles. The molecule has 0 atom stereocenters. The fourth-order valence-corrected chi connectivity index (χ4v) is 5.45. The number of hydrogen-bond acceptors (Lipinski definition) is 0. The number of benzene rings is 7. The van der Waals surface area contributed by atoms with Crippen LogP contribution in [-0.2, 0) is 0 Å². The van der Waals surface area contributed by atoms with Crippen molar-refractivity contribution in [2.75, 3.05) is 0 Å². The van der Waals surface area contributed by atoms with E-state index in [-0.39, 0.29) is 0 Å². The molecular weight excluding hydrogens is 408 g/mol. The molecule has 0 spiro atoms. The Kier molecular flexibility index (Phi) is 4.25. The predicted octanol–water partition coefficient (Wildman–Crippen LogP) is 9.58. The molecule has 0 radical (unpaired) electrons. The Morgan fingerprint density at radius 2 is 0.824 bits per heavy atom. The largest absolute Gasteiger partial charge is 0.0622 e. The summed E-state index contributed by atoms with van der Waals surface area (Å²) in [6, 6.07) is 48.5. The Bertz CT molecular complexity index is 1740. The van der Waals surface area contributed by atoms with Crippen LogP contribution in [0, 0.1) is 0 Å². The molecule has 7 rings (SSSR count). The summed E-state index contributed by atoms with van der Waals surface area (Å²) in [5, 5.41) is 7.90. The van der Waals surface area contributed by atoms with Gasteiger partial charge in [0, 0.05) is 0 Å². The fraction of sp³-hybridized carbons (Fsp3) is 0. The molecule has 0 aromatic heterocycles. The van der Waals surface area contributed by atoms with E-state index >= 15 is 0 Å². The maximum Gasteiger partial charge on any atom is -0.00201 e. The van der Waals surface area contributed by atoms with Crippen molar-refractivity contribution in [3.8, 4) is 33.4 Å². The molecule has 0 nitrogen and oxygen atoms in total. The van der Waals surface area contributed by atoms with Crippen molar-refractivity contribution in [1.82, 2.24) is 0 Å². The summed E-state index contributed by atoms with van der Waals surface area (Å²) in [5.41, 5.74) is 7.61. The van der Waals surface area contributed by atoms with Crippen molar-refractivity contribution in [2.45, 2.75) is 0 Å². The zero-order chi connectivity index (χ0) is 22.5. The van der Waals surface area contributed by atoms with Crippen molar-refractivity contribution in [2.24, 2.45) is 0 Å². The Labute approximate surface area is 199 Å². The highest BCUT2D eigenvalue weighted by Crippen LogP contribution is 2.45. The van der Waals surface area contributed by atoms with Crippen molar-refractivity contribution in [3.05, 3.63) is 133 Å². The number of rotatable bonds is 3. The summed E-state index contributed by atoms with van der Waals surface area (Å²) in [5.74, 6) is 0. The van der Waals surface area contributed by atoms with Crippen LogP contribution in [0.3, 0.4) is 0 Å². The van der Waals surface area contributed by atoms with E-state index < -0.39 is 0 Å². The molecule has 0 amide bonds. The lowest BCUT2D eigenvalue weighted by molar-refractivity contribution is 1.62. The first-order chi connectivity index (χ1) is 16.9. The molecule has 34 heavy (non-hydrogen) atoms. The number of hydrogen-bond donors (Lipinski definition) is 0. The molecule has 0 aliphatic rings. The molecule has 7 aromatic rings. The first-order valence-corrected chi connectivity index (χ1v) is 11.8. The van der Waals surface area contributed by atoms with Crippen molar-refractivity contribution < 1.29 is 0 Å². The molecule has 0 saturated heterocycles. The summed E-state index contributed by atoms with van der Waals surface area (Å²) in [7, 11) is 0. The van der Waals surface area contributed by atoms with Crippen LogP contribution in [0.5, 0.6) is 0 Å². The Balaban J connectivity index is 1.60. The van der Waals surface area contributed by atoms with E-state index in [1.807, 2.05) is 0 Å². The topological polar surface area (TPSA) is 0 Å². The first kappa shape index (κ1) is 19.1. The van der Waals surface area contributed by atoms with Crippen LogP contribution in [0.15, 0.2) is 133 Å². The summed E-state index contributed by atoms with van der Waals surface area (Å²) < 4.78 is 0. The monoisotopic (exact) mass is 430 g/mol. The maximum absolute atomic E-state index is 2.38. The van der Waals surface area contributed by atoms with Crippen LogP contribution in [0.2, 0.25) is 0 Å². The summed E-state index contributed by atoms with van der Waals surface area (Å²) in [6.07, 6.45) is 0. The lowest BCUT2D eigenvalue weighted by Crippen LogP contribution is -1.92. The minimum absolute atomic E-state index is 1.25. The molecular formula is C34H22. The van der Waals surface area contributed by atoms with Gasteiger partial charge in [0.15, 0.2) is 0 Å². The second-order valence-corrected chi connectivity index (χ2v) is 8.97. The van der Waals surface area contributed by atoms with Crippen LogP contribution < -0.4 is 0 Å². The van der Waals surface area contributed by atoms with Gasteiger partial charge in [-0.3, -0.25) is 0 Å². The van der Waals surface area contributed by atoms with E-state index in [4.69, 9.17) is 0 Å². The van der Waals surface area contributed by atoms with E-state index in [9.17, 15) is 0 Å². The average molecular weight is 431 g/mol. The lowest BCUT2D eigenvalue weighted by atomic mass is 9.84. The third-order valence-corrected chi connectivity index (χ3v) is 6.97. The van der Waals surface area contributed by atoms with Crippen LogP contribution in [0.1, 0.15) is 0 Å². The van der Waals surface area contributed by atoms with Gasteiger partial charge in [0.2, 0.25) is 0 Å². The highest BCUT2D eigenvalue weighted by Gasteiger charge is 2.17. The third kappa shape index (κ3) is 2.93. The second-order valence-electron chi connectivity index (χ2n) is 8.97. The van der Waals surface area contributed by atoms with Gasteiger partial charge in [0.25, 0.3) is 0 Å². The highest BCUT2D eigenvalue weighted by atomic mass is 14.2. The molecule has 158 valence electrons. The van der Waals surface area contributed by atoms with Gasteiger partial charge in [-0.2, -0.15) is 0 Å². The molecule has 0 bridgehead atoms. The molecule has 7 aromatic carbocycles. The van der Waals surface area contributed by atoms with Gasteiger partial charge in [-0.25, -0.2) is 0 Å². The Morgan fingerprint density at radius 3 is 1.44 bits per heavy atom. The van der Waals surface area contributed by atoms with E-state index in [1.54, 1.807) is 0 Å². The van der Waals surface area contributed by atoms with Gasteiger partial charge in [-0.15, -0.1) is 0 Å². The van der Waals surface area contributed by atoms with Crippen molar-refractivity contribution >= 4 is 32.3 Å². The average Bonchev–Trinajstić information content (AvgIpc) is 2.92. The zero-order valence-corrected chi connectivity index (χ0v) is 18.7. The summed E-state index contributed by atoms with van der Waals surface area (Å²) in [4.78, 5) is 0. The van der Waals surface area contributed by atoms with Crippen molar-refractivity contribution in [3.63, 3.8) is 0 Å². The van der Waals surface area contributed by atoms with Gasteiger partial charge in [0.05, 0.1) is 0 Å². The van der Waals surface area contributed by atoms with Crippen LogP contribution in [-0.4, -0.2) is 0 Å². The van der Waals surface area contributed by atoms with E-state index in [0.717, 1.165) is 0 Å². The molecule has 0 saturated carbocycles. The SMILES string of the molecule is c1ccc(-c2cc3ccc4cc(-c5ccccc5)c(-c5ccccc5)c5ccc(c2)c3c45)cc1. The molecule has 0 unspecified atom stereocenters. The molecule has 0 aliphatic carbocycles. The molecule has 0 fully saturated rings. The Hall–Kier alpha value is -4.42. The predicted molar refractivity (Wildman–Crippen MR) is 146 cm³/mol. The van der Waals surface area contributed by atoms with Crippen LogP contribution >= 0.6 is 0 Å². The molecule has 0 heteroatoms. The smallest absolute Gasteiger partial charge is 0.00201 e. The van der Waals surface area contributed by atoms with E-state index in [1.165, 1.54) is 65.7 Å². The minimum atomic E-state index is 1.25. The second kappa shape index (κ2) is 7.57. The van der Waals surface area contributed by atoms with Gasteiger partial charge >= 0.3 is 0 Å². The zero-order valence-electron chi connectivity index (χ0n) is 18.7. The van der Waals surface area contributed by atoms with Gasteiger partial charge in [-0.1, -0.05) is 115 Å². The van der Waals surface area contributed by atoms with Gasteiger partial charge in [0.1, 0.15) is 0 Å².